The van der Waals surface area contributed by atoms with Crippen molar-refractivity contribution in [1.82, 2.24) is 0 Å². The summed E-state index contributed by atoms with van der Waals surface area (Å²) in [5, 5.41) is 0. The topological polar surface area (TPSA) is 134 Å². The lowest BCUT2D eigenvalue weighted by atomic mass is 10.1. The molecule has 0 saturated heterocycles. The second-order valence-corrected chi connectivity index (χ2v) is 14.9. The average Bonchev–Trinajstić information content (AvgIpc) is 3.18. The van der Waals surface area contributed by atoms with E-state index in [1.54, 1.807) is 0 Å². The molecule has 0 aromatic carbocycles. The lowest BCUT2D eigenvalue weighted by Gasteiger charge is -2.19. The van der Waals surface area contributed by atoms with E-state index < -0.39 is 32.5 Å². The first-order chi connectivity index (χ1) is 27.3. The number of nitrogens with two attached hydrogens (primary N) is 1. The summed E-state index contributed by atoms with van der Waals surface area (Å²) in [5.74, 6) is -0.879. The lowest BCUT2D eigenvalue weighted by Crippen LogP contribution is -2.29. The number of phosphoric acid groups is 1. The van der Waals surface area contributed by atoms with Gasteiger partial charge in [-0.2, -0.15) is 0 Å². The summed E-state index contributed by atoms with van der Waals surface area (Å²) in [6.45, 7) is 3.48. The predicted octanol–water partition coefficient (Wildman–Crippen LogP) is 12.2. The first kappa shape index (κ1) is 52.9. The molecule has 2 atom stereocenters. The molecule has 0 aliphatic rings. The van der Waals surface area contributed by atoms with Gasteiger partial charge >= 0.3 is 19.8 Å². The van der Waals surface area contributed by atoms with E-state index in [1.165, 1.54) is 6.42 Å². The van der Waals surface area contributed by atoms with Gasteiger partial charge in [-0.1, -0.05) is 156 Å². The van der Waals surface area contributed by atoms with E-state index >= 15 is 0 Å². The molecule has 0 bridgehead atoms. The van der Waals surface area contributed by atoms with Crippen molar-refractivity contribution >= 4 is 19.8 Å². The summed E-state index contributed by atoms with van der Waals surface area (Å²) in [7, 11) is -4.38. The lowest BCUT2D eigenvalue weighted by molar-refractivity contribution is -0.161. The molecular weight excluding hydrogens is 725 g/mol. The van der Waals surface area contributed by atoms with Gasteiger partial charge in [0.2, 0.25) is 0 Å². The zero-order valence-corrected chi connectivity index (χ0v) is 35.7. The van der Waals surface area contributed by atoms with Crippen LogP contribution < -0.4 is 5.73 Å². The largest absolute Gasteiger partial charge is 0.472 e. The van der Waals surface area contributed by atoms with Crippen LogP contribution in [0.1, 0.15) is 149 Å². The van der Waals surface area contributed by atoms with Gasteiger partial charge in [0.25, 0.3) is 0 Å². The van der Waals surface area contributed by atoms with Gasteiger partial charge in [-0.25, -0.2) is 4.57 Å². The Bertz CT molecular complexity index is 1230. The van der Waals surface area contributed by atoms with Crippen molar-refractivity contribution in [2.75, 3.05) is 26.4 Å². The molecular formula is C46H76NO8P. The first-order valence-corrected chi connectivity index (χ1v) is 22.7. The predicted molar refractivity (Wildman–Crippen MR) is 233 cm³/mol. The van der Waals surface area contributed by atoms with Crippen molar-refractivity contribution in [2.45, 2.75) is 155 Å². The van der Waals surface area contributed by atoms with E-state index in [9.17, 15) is 19.0 Å². The molecule has 9 nitrogen and oxygen atoms in total. The normalized spacial score (nSPS) is 14.3. The number of phosphoric ester groups is 1. The molecule has 0 amide bonds. The zero-order valence-electron chi connectivity index (χ0n) is 34.8. The highest BCUT2D eigenvalue weighted by Gasteiger charge is 2.25. The molecule has 2 unspecified atom stereocenters. The number of esters is 2. The van der Waals surface area contributed by atoms with Gasteiger partial charge in [-0.3, -0.25) is 18.6 Å². The number of carbonyl (C=O) groups is 2. The summed E-state index contributed by atoms with van der Waals surface area (Å²) in [5.41, 5.74) is 5.32. The van der Waals surface area contributed by atoms with Gasteiger partial charge in [0.15, 0.2) is 6.10 Å². The first-order valence-electron chi connectivity index (χ1n) is 21.2. The van der Waals surface area contributed by atoms with Crippen molar-refractivity contribution in [3.63, 3.8) is 0 Å². The van der Waals surface area contributed by atoms with Crippen LogP contribution in [-0.2, 0) is 32.7 Å². The Labute approximate surface area is 340 Å². The molecule has 0 radical (unpaired) electrons. The number of hydrogen-bond donors (Lipinski definition) is 2. The number of hydrogen-bond acceptors (Lipinski definition) is 8. The average molecular weight is 802 g/mol. The quantitative estimate of drug-likeness (QED) is 0.0271. The monoisotopic (exact) mass is 802 g/mol. The van der Waals surface area contributed by atoms with Crippen molar-refractivity contribution in [3.05, 3.63) is 97.2 Å². The smallest absolute Gasteiger partial charge is 0.462 e. The third-order valence-corrected chi connectivity index (χ3v) is 9.22. The summed E-state index contributed by atoms with van der Waals surface area (Å²) in [6.07, 6.45) is 53.4. The summed E-state index contributed by atoms with van der Waals surface area (Å²) >= 11 is 0. The second-order valence-electron chi connectivity index (χ2n) is 13.5. The van der Waals surface area contributed by atoms with Gasteiger partial charge in [0.05, 0.1) is 13.2 Å². The Kier molecular flexibility index (Phi) is 39.3. The number of unbranched alkanes of at least 4 members (excludes halogenated alkanes) is 9. The summed E-state index contributed by atoms with van der Waals surface area (Å²) in [4.78, 5) is 34.5. The SMILES string of the molecule is CC/C=C\C/C=C\C/C=C\C/C=C\C/C=C\C/C=C\C/C=C\C/C=C\CCCCCCC(=O)OC(COC(=O)CCCCCCCC)COP(=O)(O)OCCN. The molecule has 0 spiro atoms. The van der Waals surface area contributed by atoms with Crippen LogP contribution >= 0.6 is 7.82 Å². The van der Waals surface area contributed by atoms with Gasteiger partial charge in [0.1, 0.15) is 6.61 Å². The number of carbonyl (C=O) groups excluding carboxylic acids is 2. The van der Waals surface area contributed by atoms with Gasteiger partial charge < -0.3 is 20.1 Å². The molecule has 0 aliphatic carbocycles. The molecule has 10 heteroatoms. The van der Waals surface area contributed by atoms with Crippen LogP contribution in [0, 0.1) is 0 Å². The Morgan fingerprint density at radius 3 is 1.46 bits per heavy atom. The molecule has 318 valence electrons. The van der Waals surface area contributed by atoms with Crippen molar-refractivity contribution < 1.29 is 37.6 Å². The molecule has 0 fully saturated rings. The molecule has 0 aromatic rings. The van der Waals surface area contributed by atoms with Crippen molar-refractivity contribution in [3.8, 4) is 0 Å². The third-order valence-electron chi connectivity index (χ3n) is 8.23. The highest BCUT2D eigenvalue weighted by Crippen LogP contribution is 2.43. The molecule has 3 N–H and O–H groups in total. The fourth-order valence-corrected chi connectivity index (χ4v) is 5.88. The second kappa shape index (κ2) is 41.6. The number of rotatable bonds is 38. The van der Waals surface area contributed by atoms with Crippen molar-refractivity contribution in [1.29, 1.82) is 0 Å². The fraction of sp³-hybridized carbons (Fsp3) is 0.609. The van der Waals surface area contributed by atoms with Crippen LogP contribution in [0.3, 0.4) is 0 Å². The summed E-state index contributed by atoms with van der Waals surface area (Å²) in [6, 6.07) is 0. The standard InChI is InChI=1S/C46H76NO8P/c1-3-5-7-9-11-12-13-14-15-16-17-18-19-20-21-22-23-24-25-26-27-28-29-30-31-32-33-35-37-39-46(49)55-44(43-54-56(50,51)53-41-40-47)42-52-45(48)38-36-34-10-8-6-4-2/h5,7,11-12,14-15,17-18,20-21,23-24,26-27,29-30,44H,3-4,6,8-10,13,16,19,22,25,28,31-43,47H2,1-2H3,(H,50,51)/b7-5-,12-11-,15-14-,18-17-,21-20-,24-23-,27-26-,30-29-. The minimum atomic E-state index is -4.38. The number of ether oxygens (including phenoxy) is 2. The minimum Gasteiger partial charge on any atom is -0.462 e. The molecule has 56 heavy (non-hydrogen) atoms. The third kappa shape index (κ3) is 40.6. The highest BCUT2D eigenvalue weighted by molar-refractivity contribution is 7.47. The van der Waals surface area contributed by atoms with E-state index in [1.807, 2.05) is 0 Å². The molecule has 0 aliphatic heterocycles. The van der Waals surface area contributed by atoms with Crippen LogP contribution in [0.2, 0.25) is 0 Å². The maximum Gasteiger partial charge on any atom is 0.472 e. The molecule has 0 saturated carbocycles. The van der Waals surface area contributed by atoms with Crippen LogP contribution in [-0.4, -0.2) is 49.3 Å². The maximum atomic E-state index is 12.5. The Hall–Kier alpha value is -3.07. The molecule has 0 rings (SSSR count). The van der Waals surface area contributed by atoms with E-state index in [4.69, 9.17) is 24.3 Å². The zero-order chi connectivity index (χ0) is 41.1. The van der Waals surface area contributed by atoms with Gasteiger partial charge in [-0.15, -0.1) is 0 Å². The number of allylic oxidation sites excluding steroid dienone is 16. The Balaban J connectivity index is 4.10. The van der Waals surface area contributed by atoms with Crippen LogP contribution in [0.25, 0.3) is 0 Å². The summed E-state index contributed by atoms with van der Waals surface area (Å²) < 4.78 is 32.5. The van der Waals surface area contributed by atoms with E-state index in [-0.39, 0.29) is 32.6 Å². The molecule has 0 aromatic heterocycles. The minimum absolute atomic E-state index is 0.0440. The fourth-order valence-electron chi connectivity index (χ4n) is 5.12. The Morgan fingerprint density at radius 1 is 0.554 bits per heavy atom. The van der Waals surface area contributed by atoms with Crippen LogP contribution in [0.5, 0.6) is 0 Å². The Morgan fingerprint density at radius 2 is 0.982 bits per heavy atom. The van der Waals surface area contributed by atoms with Crippen molar-refractivity contribution in [2.24, 2.45) is 5.73 Å². The van der Waals surface area contributed by atoms with Crippen LogP contribution in [0.4, 0.5) is 0 Å². The van der Waals surface area contributed by atoms with Crippen LogP contribution in [0.15, 0.2) is 97.2 Å². The maximum absolute atomic E-state index is 12.5. The molecule has 0 heterocycles. The van der Waals surface area contributed by atoms with E-state index in [2.05, 4.69) is 111 Å². The highest BCUT2D eigenvalue weighted by atomic mass is 31.2. The van der Waals surface area contributed by atoms with Gasteiger partial charge in [0, 0.05) is 19.4 Å². The van der Waals surface area contributed by atoms with E-state index in [0.717, 1.165) is 109 Å². The van der Waals surface area contributed by atoms with Gasteiger partial charge in [-0.05, 0) is 77.0 Å². The van der Waals surface area contributed by atoms with E-state index in [0.29, 0.717) is 6.42 Å².